The first-order chi connectivity index (χ1) is 9.04. The summed E-state index contributed by atoms with van der Waals surface area (Å²) in [6, 6.07) is 6.86. The summed E-state index contributed by atoms with van der Waals surface area (Å²) in [6.07, 6.45) is 0. The maximum Gasteiger partial charge on any atom is 0.243 e. The van der Waals surface area contributed by atoms with E-state index in [1.807, 2.05) is 5.38 Å². The summed E-state index contributed by atoms with van der Waals surface area (Å²) >= 11 is 4.79. The Labute approximate surface area is 125 Å². The predicted molar refractivity (Wildman–Crippen MR) is 79.8 cm³/mol. The number of thiazole rings is 1. The summed E-state index contributed by atoms with van der Waals surface area (Å²) in [7, 11) is -1.89. The first kappa shape index (κ1) is 14.6. The molecule has 0 bridgehead atoms. The van der Waals surface area contributed by atoms with Crippen molar-refractivity contribution in [3.8, 4) is 0 Å². The van der Waals surface area contributed by atoms with Gasteiger partial charge in [0, 0.05) is 17.8 Å². The summed E-state index contributed by atoms with van der Waals surface area (Å²) in [5.74, 6) is 0. The average Bonchev–Trinajstić information content (AvgIpc) is 2.91. The van der Waals surface area contributed by atoms with Crippen molar-refractivity contribution in [1.29, 1.82) is 0 Å². The topological polar surface area (TPSA) is 50.3 Å². The van der Waals surface area contributed by atoms with Gasteiger partial charge in [-0.1, -0.05) is 28.1 Å². The van der Waals surface area contributed by atoms with E-state index < -0.39 is 10.0 Å². The van der Waals surface area contributed by atoms with Crippen LogP contribution in [0.1, 0.15) is 11.3 Å². The SMILES string of the molecule is CN(Cc1cscn1)S(=O)(=O)c1ccc(CBr)cc1. The summed E-state index contributed by atoms with van der Waals surface area (Å²) in [5.41, 5.74) is 3.50. The van der Waals surface area contributed by atoms with Crippen molar-refractivity contribution in [2.75, 3.05) is 7.05 Å². The van der Waals surface area contributed by atoms with Crippen molar-refractivity contribution in [2.24, 2.45) is 0 Å². The van der Waals surface area contributed by atoms with Crippen LogP contribution in [0.5, 0.6) is 0 Å². The van der Waals surface area contributed by atoms with Crippen LogP contribution in [0.15, 0.2) is 40.1 Å². The highest BCUT2D eigenvalue weighted by Crippen LogP contribution is 2.18. The highest BCUT2D eigenvalue weighted by atomic mass is 79.9. The van der Waals surface area contributed by atoms with Crippen LogP contribution < -0.4 is 0 Å². The molecule has 0 aliphatic rings. The first-order valence-electron chi connectivity index (χ1n) is 5.52. The van der Waals surface area contributed by atoms with Gasteiger partial charge in [-0.2, -0.15) is 4.31 Å². The lowest BCUT2D eigenvalue weighted by molar-refractivity contribution is 0.463. The molecule has 0 saturated heterocycles. The third-order valence-corrected chi connectivity index (χ3v) is 5.75. The Bertz CT molecular complexity index is 624. The second kappa shape index (κ2) is 6.13. The zero-order chi connectivity index (χ0) is 13.9. The van der Waals surface area contributed by atoms with Crippen LogP contribution in [0, 0.1) is 0 Å². The smallest absolute Gasteiger partial charge is 0.243 e. The number of hydrogen-bond donors (Lipinski definition) is 0. The lowest BCUT2D eigenvalue weighted by atomic mass is 10.2. The van der Waals surface area contributed by atoms with Crippen molar-refractivity contribution in [3.05, 3.63) is 46.4 Å². The third kappa shape index (κ3) is 3.42. The maximum absolute atomic E-state index is 12.3. The van der Waals surface area contributed by atoms with Gasteiger partial charge in [-0.25, -0.2) is 13.4 Å². The van der Waals surface area contributed by atoms with Gasteiger partial charge in [-0.3, -0.25) is 0 Å². The molecule has 0 radical (unpaired) electrons. The first-order valence-corrected chi connectivity index (χ1v) is 9.03. The molecule has 0 saturated carbocycles. The zero-order valence-corrected chi connectivity index (χ0v) is 13.5. The van der Waals surface area contributed by atoms with Gasteiger partial charge >= 0.3 is 0 Å². The molecule has 0 unspecified atom stereocenters. The van der Waals surface area contributed by atoms with E-state index in [0.29, 0.717) is 10.2 Å². The second-order valence-electron chi connectivity index (χ2n) is 4.02. The minimum Gasteiger partial charge on any atom is -0.248 e. The van der Waals surface area contributed by atoms with Gasteiger partial charge in [-0.15, -0.1) is 11.3 Å². The fraction of sp³-hybridized carbons (Fsp3) is 0.250. The molecule has 1 heterocycles. The molecule has 2 aromatic rings. The molecule has 19 heavy (non-hydrogen) atoms. The standard InChI is InChI=1S/C12H13BrN2O2S2/c1-15(7-11-8-18-9-14-11)19(16,17)12-4-2-10(6-13)3-5-12/h2-5,8-9H,6-7H2,1H3. The van der Waals surface area contributed by atoms with Crippen molar-refractivity contribution < 1.29 is 8.42 Å². The molecule has 7 heteroatoms. The Morgan fingerprint density at radius 3 is 2.53 bits per heavy atom. The third-order valence-electron chi connectivity index (χ3n) is 2.65. The molecule has 4 nitrogen and oxygen atoms in total. The monoisotopic (exact) mass is 360 g/mol. The second-order valence-corrected chi connectivity index (χ2v) is 7.34. The number of alkyl halides is 1. The van der Waals surface area contributed by atoms with E-state index in [2.05, 4.69) is 20.9 Å². The lowest BCUT2D eigenvalue weighted by Crippen LogP contribution is -2.26. The molecule has 0 aliphatic heterocycles. The van der Waals surface area contributed by atoms with Gasteiger partial charge in [0.1, 0.15) is 0 Å². The van der Waals surface area contributed by atoms with E-state index in [1.54, 1.807) is 36.8 Å². The summed E-state index contributed by atoms with van der Waals surface area (Å²) < 4.78 is 26.0. The fourth-order valence-corrected chi connectivity index (χ4v) is 3.62. The normalized spacial score (nSPS) is 11.9. The van der Waals surface area contributed by atoms with Crippen molar-refractivity contribution >= 4 is 37.3 Å². The van der Waals surface area contributed by atoms with Gasteiger partial charge in [0.15, 0.2) is 0 Å². The number of hydrogen-bond acceptors (Lipinski definition) is 4. The van der Waals surface area contributed by atoms with E-state index in [4.69, 9.17) is 0 Å². The van der Waals surface area contributed by atoms with Gasteiger partial charge in [0.25, 0.3) is 0 Å². The van der Waals surface area contributed by atoms with E-state index in [1.165, 1.54) is 15.6 Å². The Hall–Kier alpha value is -0.760. The van der Waals surface area contributed by atoms with Crippen LogP contribution in [-0.4, -0.2) is 24.8 Å². The number of sulfonamides is 1. The molecule has 0 spiro atoms. The van der Waals surface area contributed by atoms with Gasteiger partial charge in [-0.05, 0) is 17.7 Å². The van der Waals surface area contributed by atoms with Crippen molar-refractivity contribution in [3.63, 3.8) is 0 Å². The van der Waals surface area contributed by atoms with Gasteiger partial charge in [0.05, 0.1) is 22.6 Å². The quantitative estimate of drug-likeness (QED) is 0.770. The molecule has 0 amide bonds. The maximum atomic E-state index is 12.3. The summed E-state index contributed by atoms with van der Waals surface area (Å²) in [6.45, 7) is 0.284. The molecule has 2 rings (SSSR count). The number of nitrogens with zero attached hydrogens (tertiary/aromatic N) is 2. The molecular formula is C12H13BrN2O2S2. The predicted octanol–water partition coefficient (Wildman–Crippen LogP) is 2.86. The van der Waals surface area contributed by atoms with E-state index in [-0.39, 0.29) is 6.54 Å². The Balaban J connectivity index is 2.20. The zero-order valence-electron chi connectivity index (χ0n) is 10.3. The highest BCUT2D eigenvalue weighted by Gasteiger charge is 2.21. The van der Waals surface area contributed by atoms with E-state index in [0.717, 1.165) is 11.3 Å². The van der Waals surface area contributed by atoms with Crippen molar-refractivity contribution in [2.45, 2.75) is 16.8 Å². The Morgan fingerprint density at radius 2 is 2.00 bits per heavy atom. The molecule has 102 valence electrons. The van der Waals surface area contributed by atoms with Gasteiger partial charge < -0.3 is 0 Å². The Morgan fingerprint density at radius 1 is 1.32 bits per heavy atom. The minimum atomic E-state index is -3.46. The highest BCUT2D eigenvalue weighted by molar-refractivity contribution is 9.08. The molecular weight excluding hydrogens is 348 g/mol. The summed E-state index contributed by atoms with van der Waals surface area (Å²) in [4.78, 5) is 4.40. The van der Waals surface area contributed by atoms with Crippen LogP contribution in [-0.2, 0) is 21.9 Å². The fourth-order valence-electron chi connectivity index (χ4n) is 1.56. The molecule has 1 aromatic heterocycles. The number of rotatable bonds is 5. The summed E-state index contributed by atoms with van der Waals surface area (Å²) in [5, 5.41) is 2.56. The number of aromatic nitrogens is 1. The molecule has 0 aliphatic carbocycles. The van der Waals surface area contributed by atoms with Crippen molar-refractivity contribution in [1.82, 2.24) is 9.29 Å². The van der Waals surface area contributed by atoms with Crippen LogP contribution in [0.2, 0.25) is 0 Å². The van der Waals surface area contributed by atoms with Crippen LogP contribution in [0.3, 0.4) is 0 Å². The molecule has 1 aromatic carbocycles. The largest absolute Gasteiger partial charge is 0.248 e. The van der Waals surface area contributed by atoms with Crippen LogP contribution in [0.4, 0.5) is 0 Å². The molecule has 0 fully saturated rings. The van der Waals surface area contributed by atoms with E-state index >= 15 is 0 Å². The Kier molecular flexibility index (Phi) is 4.72. The molecule has 0 atom stereocenters. The average molecular weight is 361 g/mol. The van der Waals surface area contributed by atoms with Crippen LogP contribution in [0.25, 0.3) is 0 Å². The number of benzene rings is 1. The lowest BCUT2D eigenvalue weighted by Gasteiger charge is -2.16. The minimum absolute atomic E-state index is 0.284. The van der Waals surface area contributed by atoms with Crippen LogP contribution >= 0.6 is 27.3 Å². The van der Waals surface area contributed by atoms with Gasteiger partial charge in [0.2, 0.25) is 10.0 Å². The number of halogens is 1. The van der Waals surface area contributed by atoms with E-state index in [9.17, 15) is 8.42 Å². The molecule has 0 N–H and O–H groups in total.